The molecule has 2 unspecified atom stereocenters. The highest BCUT2D eigenvalue weighted by Gasteiger charge is 2.24. The predicted octanol–water partition coefficient (Wildman–Crippen LogP) is 1.55. The molecule has 0 bridgehead atoms. The second-order valence-corrected chi connectivity index (χ2v) is 4.65. The summed E-state index contributed by atoms with van der Waals surface area (Å²) in [7, 11) is 0. The van der Waals surface area contributed by atoms with E-state index < -0.39 is 18.0 Å². The zero-order valence-corrected chi connectivity index (χ0v) is 11.3. The molecule has 0 radical (unpaired) electrons. The first-order chi connectivity index (χ1) is 8.91. The Balaban J connectivity index is 2.58. The maximum absolute atomic E-state index is 11.7. The summed E-state index contributed by atoms with van der Waals surface area (Å²) in [5.74, 6) is -1.23. The SMILES string of the molecule is CC(NC(=O)NC(C(=O)O)C(C)C)c1ccccn1. The third kappa shape index (κ3) is 4.57. The van der Waals surface area contributed by atoms with E-state index in [1.165, 1.54) is 0 Å². The van der Waals surface area contributed by atoms with Crippen LogP contribution in [-0.4, -0.2) is 28.1 Å². The van der Waals surface area contributed by atoms with Crippen molar-refractivity contribution in [3.63, 3.8) is 0 Å². The molecular formula is C13H19N3O3. The molecule has 2 atom stereocenters. The molecule has 6 nitrogen and oxygen atoms in total. The van der Waals surface area contributed by atoms with Gasteiger partial charge in [0.15, 0.2) is 0 Å². The highest BCUT2D eigenvalue weighted by atomic mass is 16.4. The van der Waals surface area contributed by atoms with Gasteiger partial charge in [-0.1, -0.05) is 19.9 Å². The Kier molecular flexibility index (Phi) is 5.29. The molecule has 1 aromatic rings. The Labute approximate surface area is 112 Å². The molecule has 0 aliphatic carbocycles. The number of rotatable bonds is 5. The van der Waals surface area contributed by atoms with E-state index in [4.69, 9.17) is 5.11 Å². The topological polar surface area (TPSA) is 91.3 Å². The van der Waals surface area contributed by atoms with Crippen molar-refractivity contribution < 1.29 is 14.7 Å². The molecule has 1 heterocycles. The maximum Gasteiger partial charge on any atom is 0.326 e. The summed E-state index contributed by atoms with van der Waals surface area (Å²) in [6.45, 7) is 5.26. The number of aliphatic carboxylic acids is 1. The van der Waals surface area contributed by atoms with Crippen LogP contribution in [0.4, 0.5) is 4.79 Å². The van der Waals surface area contributed by atoms with Crippen LogP contribution in [0.5, 0.6) is 0 Å². The predicted molar refractivity (Wildman–Crippen MR) is 70.6 cm³/mol. The third-order valence-electron chi connectivity index (χ3n) is 2.70. The number of hydrogen-bond donors (Lipinski definition) is 3. The van der Waals surface area contributed by atoms with E-state index >= 15 is 0 Å². The standard InChI is InChI=1S/C13H19N3O3/c1-8(2)11(12(17)18)16-13(19)15-9(3)10-6-4-5-7-14-10/h4-9,11H,1-3H3,(H,17,18)(H2,15,16,19). The molecule has 1 aromatic heterocycles. The lowest BCUT2D eigenvalue weighted by molar-refractivity contribution is -0.140. The number of hydrogen-bond acceptors (Lipinski definition) is 3. The van der Waals surface area contributed by atoms with Gasteiger partial charge in [-0.05, 0) is 25.0 Å². The van der Waals surface area contributed by atoms with Crippen LogP contribution in [0.1, 0.15) is 32.5 Å². The lowest BCUT2D eigenvalue weighted by atomic mass is 10.1. The molecule has 0 aliphatic heterocycles. The molecule has 0 fully saturated rings. The number of carboxylic acid groups (broad SMARTS) is 1. The molecule has 19 heavy (non-hydrogen) atoms. The number of carbonyl (C=O) groups excluding carboxylic acids is 1. The molecule has 6 heteroatoms. The van der Waals surface area contributed by atoms with Crippen molar-refractivity contribution >= 4 is 12.0 Å². The first-order valence-corrected chi connectivity index (χ1v) is 6.12. The van der Waals surface area contributed by atoms with Gasteiger partial charge >= 0.3 is 12.0 Å². The summed E-state index contributed by atoms with van der Waals surface area (Å²) in [6.07, 6.45) is 1.64. The molecular weight excluding hydrogens is 246 g/mol. The summed E-state index contributed by atoms with van der Waals surface area (Å²) >= 11 is 0. The summed E-state index contributed by atoms with van der Waals surface area (Å²) in [4.78, 5) is 26.8. The first kappa shape index (κ1) is 14.9. The number of amides is 2. The average Bonchev–Trinajstić information content (AvgIpc) is 2.36. The fourth-order valence-electron chi connectivity index (χ4n) is 1.60. The van der Waals surface area contributed by atoms with Gasteiger partial charge in [0.1, 0.15) is 6.04 Å². The molecule has 2 amide bonds. The first-order valence-electron chi connectivity index (χ1n) is 6.12. The fraction of sp³-hybridized carbons (Fsp3) is 0.462. The zero-order valence-electron chi connectivity index (χ0n) is 11.3. The van der Waals surface area contributed by atoms with Crippen LogP contribution in [0.25, 0.3) is 0 Å². The summed E-state index contributed by atoms with van der Waals surface area (Å²) < 4.78 is 0. The summed E-state index contributed by atoms with van der Waals surface area (Å²) in [5.41, 5.74) is 0.717. The van der Waals surface area contributed by atoms with Gasteiger partial charge < -0.3 is 15.7 Å². The van der Waals surface area contributed by atoms with E-state index in [0.29, 0.717) is 5.69 Å². The third-order valence-corrected chi connectivity index (χ3v) is 2.70. The van der Waals surface area contributed by atoms with Crippen molar-refractivity contribution in [3.8, 4) is 0 Å². The van der Waals surface area contributed by atoms with Gasteiger partial charge in [-0.2, -0.15) is 0 Å². The molecule has 1 rings (SSSR count). The zero-order chi connectivity index (χ0) is 14.4. The van der Waals surface area contributed by atoms with E-state index in [0.717, 1.165) is 0 Å². The van der Waals surface area contributed by atoms with Crippen molar-refractivity contribution in [1.29, 1.82) is 0 Å². The van der Waals surface area contributed by atoms with Gasteiger partial charge in [0.25, 0.3) is 0 Å². The number of nitrogens with zero attached hydrogens (tertiary/aromatic N) is 1. The van der Waals surface area contributed by atoms with Gasteiger partial charge in [0.2, 0.25) is 0 Å². The van der Waals surface area contributed by atoms with Crippen LogP contribution in [0.2, 0.25) is 0 Å². The van der Waals surface area contributed by atoms with Crippen molar-refractivity contribution in [3.05, 3.63) is 30.1 Å². The van der Waals surface area contributed by atoms with Crippen LogP contribution in [0.15, 0.2) is 24.4 Å². The minimum absolute atomic E-state index is 0.187. The largest absolute Gasteiger partial charge is 0.480 e. The lowest BCUT2D eigenvalue weighted by Crippen LogP contribution is -2.49. The normalized spacial score (nSPS) is 13.7. The van der Waals surface area contributed by atoms with Crippen LogP contribution in [0.3, 0.4) is 0 Å². The maximum atomic E-state index is 11.7. The van der Waals surface area contributed by atoms with Crippen LogP contribution >= 0.6 is 0 Å². The number of aromatic nitrogens is 1. The quantitative estimate of drug-likeness (QED) is 0.753. The van der Waals surface area contributed by atoms with E-state index in [9.17, 15) is 9.59 Å². The number of carbonyl (C=O) groups is 2. The second-order valence-electron chi connectivity index (χ2n) is 4.65. The van der Waals surface area contributed by atoms with Crippen LogP contribution < -0.4 is 10.6 Å². The molecule has 0 aromatic carbocycles. The van der Waals surface area contributed by atoms with Crippen molar-refractivity contribution in [2.45, 2.75) is 32.9 Å². The minimum Gasteiger partial charge on any atom is -0.480 e. The highest BCUT2D eigenvalue weighted by molar-refractivity contribution is 5.82. The summed E-state index contributed by atoms with van der Waals surface area (Å²) in [5, 5.41) is 14.1. The van der Waals surface area contributed by atoms with Gasteiger partial charge in [0, 0.05) is 6.20 Å². The van der Waals surface area contributed by atoms with E-state index in [1.807, 2.05) is 6.07 Å². The molecule has 0 spiro atoms. The lowest BCUT2D eigenvalue weighted by Gasteiger charge is -2.20. The Morgan fingerprint density at radius 3 is 2.37 bits per heavy atom. The van der Waals surface area contributed by atoms with E-state index in [2.05, 4.69) is 15.6 Å². The highest BCUT2D eigenvalue weighted by Crippen LogP contribution is 2.08. The van der Waals surface area contributed by atoms with E-state index in [1.54, 1.807) is 39.1 Å². The molecule has 0 aliphatic rings. The van der Waals surface area contributed by atoms with E-state index in [-0.39, 0.29) is 12.0 Å². The molecule has 104 valence electrons. The van der Waals surface area contributed by atoms with Crippen LogP contribution in [0, 0.1) is 5.92 Å². The summed E-state index contributed by atoms with van der Waals surface area (Å²) in [6, 6.07) is 3.70. The second kappa shape index (κ2) is 6.72. The van der Waals surface area contributed by atoms with Gasteiger partial charge in [0.05, 0.1) is 11.7 Å². The number of carboxylic acids is 1. The van der Waals surface area contributed by atoms with Crippen molar-refractivity contribution in [1.82, 2.24) is 15.6 Å². The minimum atomic E-state index is -1.05. The Morgan fingerprint density at radius 2 is 1.89 bits per heavy atom. The Bertz CT molecular complexity index is 434. The average molecular weight is 265 g/mol. The molecule has 0 saturated heterocycles. The monoisotopic (exact) mass is 265 g/mol. The van der Waals surface area contributed by atoms with Gasteiger partial charge in [-0.15, -0.1) is 0 Å². The van der Waals surface area contributed by atoms with Gasteiger partial charge in [-0.25, -0.2) is 9.59 Å². The Morgan fingerprint density at radius 1 is 1.21 bits per heavy atom. The smallest absolute Gasteiger partial charge is 0.326 e. The number of pyridine rings is 1. The van der Waals surface area contributed by atoms with Crippen molar-refractivity contribution in [2.75, 3.05) is 0 Å². The fourth-order valence-corrected chi connectivity index (χ4v) is 1.60. The molecule has 3 N–H and O–H groups in total. The number of nitrogens with one attached hydrogen (secondary N) is 2. The van der Waals surface area contributed by atoms with Crippen LogP contribution in [-0.2, 0) is 4.79 Å². The van der Waals surface area contributed by atoms with Gasteiger partial charge in [-0.3, -0.25) is 4.98 Å². The molecule has 0 saturated carbocycles. The van der Waals surface area contributed by atoms with Crippen molar-refractivity contribution in [2.24, 2.45) is 5.92 Å². The Hall–Kier alpha value is -2.11. The number of urea groups is 1.